The van der Waals surface area contributed by atoms with Crippen LogP contribution in [0.1, 0.15) is 32.6 Å². The van der Waals surface area contributed by atoms with E-state index in [1.807, 2.05) is 4.90 Å². The summed E-state index contributed by atoms with van der Waals surface area (Å²) in [5.41, 5.74) is 2.36. The fourth-order valence-electron chi connectivity index (χ4n) is 2.92. The van der Waals surface area contributed by atoms with E-state index in [4.69, 9.17) is 0 Å². The summed E-state index contributed by atoms with van der Waals surface area (Å²) in [5.74, 6) is 0.160. The molecule has 1 aliphatic carbocycles. The topological polar surface area (TPSA) is 32.3 Å². The number of nitrogens with zero attached hydrogens (tertiary/aromatic N) is 1. The van der Waals surface area contributed by atoms with E-state index < -0.39 is 0 Å². The summed E-state index contributed by atoms with van der Waals surface area (Å²) < 4.78 is 0. The molecule has 3 nitrogen and oxygen atoms in total. The lowest BCUT2D eigenvalue weighted by atomic mass is 9.93. The van der Waals surface area contributed by atoms with Crippen molar-refractivity contribution in [2.45, 2.75) is 38.1 Å². The molecule has 1 aliphatic heterocycles. The molecule has 1 N–H and O–H groups in total. The van der Waals surface area contributed by atoms with Crippen LogP contribution < -0.4 is 10.2 Å². The molecule has 2 heterocycles. The van der Waals surface area contributed by atoms with Gasteiger partial charge in [0.2, 0.25) is 5.91 Å². The van der Waals surface area contributed by atoms with Crippen molar-refractivity contribution in [1.29, 1.82) is 0 Å². The largest absolute Gasteiger partial charge is 0.375 e. The first-order valence-corrected chi connectivity index (χ1v) is 6.77. The molecule has 1 spiro atoms. The van der Waals surface area contributed by atoms with Gasteiger partial charge in [0.25, 0.3) is 0 Å². The van der Waals surface area contributed by atoms with Gasteiger partial charge in [-0.05, 0) is 12.8 Å². The van der Waals surface area contributed by atoms with Gasteiger partial charge in [0, 0.05) is 24.2 Å². The Labute approximate surface area is 99.5 Å². The highest BCUT2D eigenvalue weighted by molar-refractivity contribution is 7.09. The summed E-state index contributed by atoms with van der Waals surface area (Å²) in [7, 11) is 0. The summed E-state index contributed by atoms with van der Waals surface area (Å²) in [4.78, 5) is 13.6. The van der Waals surface area contributed by atoms with Crippen molar-refractivity contribution in [2.24, 2.45) is 0 Å². The molecular weight excluding hydrogens is 220 g/mol. The standard InChI is InChI=1S/C12H16N2OS/c1-9(15)14-8-12(4-2-3-5-12)13-10-6-16-7-11(10)14/h6-7,13H,2-5,8H2,1H3. The second kappa shape index (κ2) is 3.48. The van der Waals surface area contributed by atoms with E-state index in [2.05, 4.69) is 16.1 Å². The molecular formula is C12H16N2OS. The van der Waals surface area contributed by atoms with E-state index in [1.165, 1.54) is 25.7 Å². The molecule has 1 aromatic heterocycles. The fourth-order valence-corrected chi connectivity index (χ4v) is 3.69. The normalized spacial score (nSPS) is 21.9. The Morgan fingerprint density at radius 3 is 2.88 bits per heavy atom. The van der Waals surface area contributed by atoms with Gasteiger partial charge in [0.15, 0.2) is 0 Å². The Morgan fingerprint density at radius 2 is 2.19 bits per heavy atom. The summed E-state index contributed by atoms with van der Waals surface area (Å²) in [6.07, 6.45) is 4.93. The van der Waals surface area contributed by atoms with Crippen molar-refractivity contribution >= 4 is 28.6 Å². The Kier molecular flexibility index (Phi) is 2.21. The third kappa shape index (κ3) is 1.44. The summed E-state index contributed by atoms with van der Waals surface area (Å²) in [5, 5.41) is 7.83. The molecule has 1 saturated carbocycles. The van der Waals surface area contributed by atoms with Gasteiger partial charge in [0.05, 0.1) is 16.9 Å². The van der Waals surface area contributed by atoms with Crippen LogP contribution >= 0.6 is 11.3 Å². The minimum Gasteiger partial charge on any atom is -0.375 e. The van der Waals surface area contributed by atoms with E-state index >= 15 is 0 Å². The zero-order valence-electron chi connectivity index (χ0n) is 9.45. The molecule has 0 aromatic carbocycles. The number of fused-ring (bicyclic) bond motifs is 1. The molecule has 3 rings (SSSR count). The first-order chi connectivity index (χ1) is 7.70. The lowest BCUT2D eigenvalue weighted by Crippen LogP contribution is -2.52. The highest BCUT2D eigenvalue weighted by Gasteiger charge is 2.41. The summed E-state index contributed by atoms with van der Waals surface area (Å²) >= 11 is 1.66. The van der Waals surface area contributed by atoms with E-state index in [9.17, 15) is 4.79 Å². The predicted molar refractivity (Wildman–Crippen MR) is 67.2 cm³/mol. The average Bonchev–Trinajstić information content (AvgIpc) is 2.86. The van der Waals surface area contributed by atoms with E-state index in [-0.39, 0.29) is 11.4 Å². The molecule has 0 unspecified atom stereocenters. The first-order valence-electron chi connectivity index (χ1n) is 5.83. The number of carbonyl (C=O) groups is 1. The van der Waals surface area contributed by atoms with Crippen LogP contribution in [0.5, 0.6) is 0 Å². The average molecular weight is 236 g/mol. The zero-order chi connectivity index (χ0) is 11.2. The second-order valence-corrected chi connectivity index (χ2v) is 5.63. The van der Waals surface area contributed by atoms with Crippen LogP contribution in [-0.2, 0) is 4.79 Å². The molecule has 0 bridgehead atoms. The van der Waals surface area contributed by atoms with E-state index in [0.717, 1.165) is 17.9 Å². The molecule has 2 aliphatic rings. The highest BCUT2D eigenvalue weighted by atomic mass is 32.1. The molecule has 0 saturated heterocycles. The Hall–Kier alpha value is -1.03. The molecule has 0 radical (unpaired) electrons. The quantitative estimate of drug-likeness (QED) is 0.751. The number of nitrogens with one attached hydrogen (secondary N) is 1. The van der Waals surface area contributed by atoms with Gasteiger partial charge in [-0.3, -0.25) is 4.79 Å². The van der Waals surface area contributed by atoms with Gasteiger partial charge in [0.1, 0.15) is 0 Å². The van der Waals surface area contributed by atoms with E-state index in [1.54, 1.807) is 18.3 Å². The number of rotatable bonds is 0. The maximum absolute atomic E-state index is 11.7. The Morgan fingerprint density at radius 1 is 1.44 bits per heavy atom. The molecule has 86 valence electrons. The minimum atomic E-state index is 0.153. The molecule has 0 atom stereocenters. The van der Waals surface area contributed by atoms with Crippen molar-refractivity contribution in [3.05, 3.63) is 10.8 Å². The molecule has 1 fully saturated rings. The number of thiophene rings is 1. The SMILES string of the molecule is CC(=O)N1CC2(CCCC2)Nc2cscc21. The number of carbonyl (C=O) groups excluding carboxylic acids is 1. The van der Waals surface area contributed by atoms with Crippen LogP contribution in [0, 0.1) is 0 Å². The first kappa shape index (κ1) is 10.1. The van der Waals surface area contributed by atoms with Crippen molar-refractivity contribution in [3.8, 4) is 0 Å². The van der Waals surface area contributed by atoms with Gasteiger partial charge in [-0.25, -0.2) is 0 Å². The van der Waals surface area contributed by atoms with Crippen molar-refractivity contribution in [2.75, 3.05) is 16.8 Å². The Bertz CT molecular complexity index is 420. The van der Waals surface area contributed by atoms with Gasteiger partial charge < -0.3 is 10.2 Å². The van der Waals surface area contributed by atoms with Gasteiger partial charge in [-0.2, -0.15) is 0 Å². The lowest BCUT2D eigenvalue weighted by molar-refractivity contribution is -0.116. The van der Waals surface area contributed by atoms with Crippen LogP contribution in [0.15, 0.2) is 10.8 Å². The number of hydrogen-bond acceptors (Lipinski definition) is 3. The van der Waals surface area contributed by atoms with Gasteiger partial charge >= 0.3 is 0 Å². The molecule has 16 heavy (non-hydrogen) atoms. The smallest absolute Gasteiger partial charge is 0.224 e. The summed E-state index contributed by atoms with van der Waals surface area (Å²) in [6, 6.07) is 0. The lowest BCUT2D eigenvalue weighted by Gasteiger charge is -2.41. The van der Waals surface area contributed by atoms with Crippen LogP contribution in [-0.4, -0.2) is 18.0 Å². The van der Waals surface area contributed by atoms with Crippen LogP contribution in [0.4, 0.5) is 11.4 Å². The highest BCUT2D eigenvalue weighted by Crippen LogP contribution is 2.43. The van der Waals surface area contributed by atoms with Crippen LogP contribution in [0.3, 0.4) is 0 Å². The third-order valence-corrected chi connectivity index (χ3v) is 4.46. The van der Waals surface area contributed by atoms with Crippen molar-refractivity contribution < 1.29 is 4.79 Å². The monoisotopic (exact) mass is 236 g/mol. The number of amides is 1. The minimum absolute atomic E-state index is 0.153. The predicted octanol–water partition coefficient (Wildman–Crippen LogP) is 2.84. The second-order valence-electron chi connectivity index (χ2n) is 4.89. The van der Waals surface area contributed by atoms with Crippen molar-refractivity contribution in [3.63, 3.8) is 0 Å². The van der Waals surface area contributed by atoms with Gasteiger partial charge in [-0.15, -0.1) is 11.3 Å². The summed E-state index contributed by atoms with van der Waals surface area (Å²) in [6.45, 7) is 2.50. The van der Waals surface area contributed by atoms with Crippen LogP contribution in [0.25, 0.3) is 0 Å². The molecule has 4 heteroatoms. The van der Waals surface area contributed by atoms with Crippen molar-refractivity contribution in [1.82, 2.24) is 0 Å². The van der Waals surface area contributed by atoms with Crippen LogP contribution in [0.2, 0.25) is 0 Å². The Balaban J connectivity index is 2.00. The maximum Gasteiger partial charge on any atom is 0.224 e. The molecule has 1 aromatic rings. The zero-order valence-corrected chi connectivity index (χ0v) is 10.3. The number of hydrogen-bond donors (Lipinski definition) is 1. The van der Waals surface area contributed by atoms with Gasteiger partial charge in [-0.1, -0.05) is 12.8 Å². The van der Waals surface area contributed by atoms with E-state index in [0.29, 0.717) is 0 Å². The number of anilines is 2. The third-order valence-electron chi connectivity index (χ3n) is 3.73. The maximum atomic E-state index is 11.7. The fraction of sp³-hybridized carbons (Fsp3) is 0.583. The molecule has 1 amide bonds.